The second-order valence-electron chi connectivity index (χ2n) is 2.84. The van der Waals surface area contributed by atoms with Crippen LogP contribution < -0.4 is 10.5 Å². The number of carboxylic acids is 1. The first kappa shape index (κ1) is 9.54. The highest BCUT2D eigenvalue weighted by atomic mass is 16.4. The van der Waals surface area contributed by atoms with Crippen LogP contribution in [0.1, 0.15) is 10.4 Å². The number of nitrogens with one attached hydrogen (secondary N) is 1. The molecule has 0 bridgehead atoms. The van der Waals surface area contributed by atoms with Gasteiger partial charge in [0, 0.05) is 19.7 Å². The minimum absolute atomic E-state index is 0.163. The van der Waals surface area contributed by atoms with Crippen molar-refractivity contribution in [1.29, 1.82) is 0 Å². The summed E-state index contributed by atoms with van der Waals surface area (Å²) in [5.74, 6) is -1.18. The quantitative estimate of drug-likeness (QED) is 0.660. The maximum atomic E-state index is 10.6. The molecule has 0 fully saturated rings. The summed E-state index contributed by atoms with van der Waals surface area (Å²) < 4.78 is 0. The lowest BCUT2D eigenvalue weighted by Gasteiger charge is -2.17. The molecule has 13 heavy (non-hydrogen) atoms. The van der Waals surface area contributed by atoms with Crippen LogP contribution in [0, 0.1) is 0 Å². The minimum Gasteiger partial charge on any atom is -0.545 e. The van der Waals surface area contributed by atoms with E-state index in [1.165, 1.54) is 6.07 Å². The molecule has 0 aliphatic rings. The molecule has 1 rings (SSSR count). The summed E-state index contributed by atoms with van der Waals surface area (Å²) in [7, 11) is 3.57. The number of carbonyl (C=O) groups excluding carboxylic acids is 1. The van der Waals surface area contributed by atoms with E-state index in [1.54, 1.807) is 37.3 Å². The molecule has 4 heteroatoms. The van der Waals surface area contributed by atoms with Crippen molar-refractivity contribution in [3.63, 3.8) is 0 Å². The molecule has 0 aliphatic carbocycles. The number of benzene rings is 1. The van der Waals surface area contributed by atoms with Crippen LogP contribution in [0.15, 0.2) is 24.3 Å². The Balaban J connectivity index is 2.98. The van der Waals surface area contributed by atoms with E-state index >= 15 is 0 Å². The van der Waals surface area contributed by atoms with Crippen molar-refractivity contribution in [3.05, 3.63) is 29.8 Å². The fraction of sp³-hybridized carbons (Fsp3) is 0.222. The Kier molecular flexibility index (Phi) is 2.87. The highest BCUT2D eigenvalue weighted by Gasteiger charge is 2.01. The van der Waals surface area contributed by atoms with E-state index in [0.717, 1.165) is 0 Å². The van der Waals surface area contributed by atoms with Crippen LogP contribution in [0.3, 0.4) is 0 Å². The van der Waals surface area contributed by atoms with Gasteiger partial charge in [0.1, 0.15) is 0 Å². The number of carbonyl (C=O) groups is 1. The standard InChI is InChI=1S/C9H12N2O2/c1-11(2)10-8-6-4-3-5-7(8)9(12)13/h3-6,10H,1-2H3,(H,12,13)/p-1. The molecule has 0 heterocycles. The molecular formula is C9H11N2O2-. The molecule has 1 N–H and O–H groups in total. The molecular weight excluding hydrogens is 168 g/mol. The first-order valence-corrected chi connectivity index (χ1v) is 3.85. The van der Waals surface area contributed by atoms with E-state index < -0.39 is 5.97 Å². The number of hydrogen-bond donors (Lipinski definition) is 1. The van der Waals surface area contributed by atoms with E-state index in [9.17, 15) is 9.90 Å². The molecule has 0 saturated heterocycles. The molecule has 1 aromatic rings. The molecule has 0 radical (unpaired) electrons. The van der Waals surface area contributed by atoms with Gasteiger partial charge in [-0.25, -0.2) is 5.01 Å². The summed E-state index contributed by atoms with van der Waals surface area (Å²) in [4.78, 5) is 10.6. The number of anilines is 1. The maximum Gasteiger partial charge on any atom is 0.0736 e. The monoisotopic (exact) mass is 179 g/mol. The second kappa shape index (κ2) is 3.91. The van der Waals surface area contributed by atoms with Crippen molar-refractivity contribution < 1.29 is 9.90 Å². The topological polar surface area (TPSA) is 55.4 Å². The molecule has 70 valence electrons. The van der Waals surface area contributed by atoms with Gasteiger partial charge >= 0.3 is 0 Å². The van der Waals surface area contributed by atoms with Crippen molar-refractivity contribution in [2.45, 2.75) is 0 Å². The first-order valence-electron chi connectivity index (χ1n) is 3.85. The minimum atomic E-state index is -1.18. The molecule has 0 aromatic heterocycles. The Labute approximate surface area is 76.8 Å². The molecule has 0 atom stereocenters. The van der Waals surface area contributed by atoms with Crippen molar-refractivity contribution in [1.82, 2.24) is 5.01 Å². The van der Waals surface area contributed by atoms with Gasteiger partial charge in [-0.15, -0.1) is 0 Å². The van der Waals surface area contributed by atoms with Gasteiger partial charge in [-0.1, -0.05) is 18.2 Å². The molecule has 1 aromatic carbocycles. The maximum absolute atomic E-state index is 10.6. The van der Waals surface area contributed by atoms with Crippen molar-refractivity contribution in [2.75, 3.05) is 19.5 Å². The second-order valence-corrected chi connectivity index (χ2v) is 2.84. The number of carboxylic acid groups (broad SMARTS) is 1. The van der Waals surface area contributed by atoms with Gasteiger partial charge in [0.15, 0.2) is 0 Å². The lowest BCUT2D eigenvalue weighted by molar-refractivity contribution is -0.254. The predicted molar refractivity (Wildman–Crippen MR) is 48.1 cm³/mol. The molecule has 0 spiro atoms. The molecule has 0 unspecified atom stereocenters. The summed E-state index contributed by atoms with van der Waals surface area (Å²) in [6.07, 6.45) is 0. The van der Waals surface area contributed by atoms with Crippen molar-refractivity contribution in [3.8, 4) is 0 Å². The molecule has 0 saturated carbocycles. The third-order valence-electron chi connectivity index (χ3n) is 1.49. The number of aromatic carboxylic acids is 1. The SMILES string of the molecule is CN(C)Nc1ccccc1C(=O)[O-]. The summed E-state index contributed by atoms with van der Waals surface area (Å²) in [5, 5.41) is 12.3. The van der Waals surface area contributed by atoms with Gasteiger partial charge in [-0.2, -0.15) is 0 Å². The van der Waals surface area contributed by atoms with Crippen LogP contribution in [0.4, 0.5) is 5.69 Å². The van der Waals surface area contributed by atoms with Crippen LogP contribution in [0.5, 0.6) is 0 Å². The lowest BCUT2D eigenvalue weighted by atomic mass is 10.2. The zero-order valence-corrected chi connectivity index (χ0v) is 7.57. The van der Waals surface area contributed by atoms with Crippen molar-refractivity contribution in [2.24, 2.45) is 0 Å². The van der Waals surface area contributed by atoms with E-state index in [-0.39, 0.29) is 5.56 Å². The summed E-state index contributed by atoms with van der Waals surface area (Å²) in [6, 6.07) is 6.61. The van der Waals surface area contributed by atoms with E-state index in [0.29, 0.717) is 5.69 Å². The lowest BCUT2D eigenvalue weighted by Crippen LogP contribution is -2.26. The van der Waals surface area contributed by atoms with Crippen LogP contribution in [-0.4, -0.2) is 25.1 Å². The highest BCUT2D eigenvalue weighted by Crippen LogP contribution is 2.13. The van der Waals surface area contributed by atoms with Gasteiger partial charge < -0.3 is 15.3 Å². The number of hydrazine groups is 1. The number of rotatable bonds is 3. The van der Waals surface area contributed by atoms with Gasteiger partial charge in [0.05, 0.1) is 11.7 Å². The zero-order chi connectivity index (χ0) is 9.84. The molecule has 0 aliphatic heterocycles. The zero-order valence-electron chi connectivity index (χ0n) is 7.57. The Morgan fingerprint density at radius 1 is 1.38 bits per heavy atom. The van der Waals surface area contributed by atoms with Gasteiger partial charge in [-0.3, -0.25) is 0 Å². The molecule has 4 nitrogen and oxygen atoms in total. The third-order valence-corrected chi connectivity index (χ3v) is 1.49. The van der Waals surface area contributed by atoms with Crippen LogP contribution >= 0.6 is 0 Å². The summed E-state index contributed by atoms with van der Waals surface area (Å²) >= 11 is 0. The van der Waals surface area contributed by atoms with E-state index in [1.807, 2.05) is 0 Å². The Morgan fingerprint density at radius 3 is 2.54 bits per heavy atom. The number of hydrogen-bond acceptors (Lipinski definition) is 4. The van der Waals surface area contributed by atoms with Crippen LogP contribution in [-0.2, 0) is 0 Å². The van der Waals surface area contributed by atoms with Crippen molar-refractivity contribution >= 4 is 11.7 Å². The highest BCUT2D eigenvalue weighted by molar-refractivity contribution is 5.92. The van der Waals surface area contributed by atoms with Gasteiger partial charge in [0.25, 0.3) is 0 Å². The van der Waals surface area contributed by atoms with E-state index in [2.05, 4.69) is 5.43 Å². The largest absolute Gasteiger partial charge is 0.545 e. The average molecular weight is 179 g/mol. The average Bonchev–Trinajstić information content (AvgIpc) is 2.03. The summed E-state index contributed by atoms with van der Waals surface area (Å²) in [5.41, 5.74) is 3.57. The fourth-order valence-electron chi connectivity index (χ4n) is 1.000. The van der Waals surface area contributed by atoms with Crippen LogP contribution in [0.25, 0.3) is 0 Å². The normalized spacial score (nSPS) is 10.1. The Morgan fingerprint density at radius 2 is 2.00 bits per heavy atom. The number of nitrogens with zero attached hydrogens (tertiary/aromatic N) is 1. The summed E-state index contributed by atoms with van der Waals surface area (Å²) in [6.45, 7) is 0. The van der Waals surface area contributed by atoms with Crippen LogP contribution in [0.2, 0.25) is 0 Å². The fourth-order valence-corrected chi connectivity index (χ4v) is 1.000. The molecule has 0 amide bonds. The predicted octanol–water partition coefficient (Wildman–Crippen LogP) is -0.0614. The smallest absolute Gasteiger partial charge is 0.0736 e. The van der Waals surface area contributed by atoms with Gasteiger partial charge in [-0.05, 0) is 6.07 Å². The third kappa shape index (κ3) is 2.45. The van der Waals surface area contributed by atoms with E-state index in [4.69, 9.17) is 0 Å². The number of para-hydroxylation sites is 1. The Bertz CT molecular complexity index is 310. The first-order chi connectivity index (χ1) is 6.11. The van der Waals surface area contributed by atoms with Gasteiger partial charge in [0.2, 0.25) is 0 Å². The Hall–Kier alpha value is -1.55.